The molecule has 276 valence electrons. The topological polar surface area (TPSA) is 75.5 Å². The van der Waals surface area contributed by atoms with E-state index in [1.165, 1.54) is 10.8 Å². The van der Waals surface area contributed by atoms with Gasteiger partial charge in [-0.3, -0.25) is 0 Å². The molecule has 9 aromatic carbocycles. The predicted molar refractivity (Wildman–Crippen MR) is 244 cm³/mol. The second-order valence-corrected chi connectivity index (χ2v) is 15.5. The number of nitrogens with zero attached hydrogens (tertiary/aromatic N) is 5. The fourth-order valence-electron chi connectivity index (χ4n) is 9.98. The van der Waals surface area contributed by atoms with Gasteiger partial charge in [0.1, 0.15) is 23.3 Å². The normalized spacial score (nSPS) is 12.0. The molecule has 13 rings (SSSR count). The fraction of sp³-hybridized carbons (Fsp3) is 0. The number of aromatic nitrogens is 3. The number of para-hydroxylation sites is 4. The molecule has 4 aromatic heterocycles. The second-order valence-electron chi connectivity index (χ2n) is 15.5. The molecular weight excluding hydrogens is 735 g/mol. The van der Waals surface area contributed by atoms with Crippen molar-refractivity contribution in [3.05, 3.63) is 187 Å². The Morgan fingerprint density at radius 2 is 0.933 bits per heavy atom. The van der Waals surface area contributed by atoms with Gasteiger partial charge in [0.25, 0.3) is 0 Å². The van der Waals surface area contributed by atoms with Crippen LogP contribution in [0.4, 0.5) is 0 Å². The highest BCUT2D eigenvalue weighted by Gasteiger charge is 2.24. The van der Waals surface area contributed by atoms with Crippen molar-refractivity contribution in [2.45, 2.75) is 0 Å². The van der Waals surface area contributed by atoms with Crippen molar-refractivity contribution < 1.29 is 4.42 Å². The standard InChI is InChI=1S/C54H29N5O/c55-30-33-28-50(34(31-56)27-49(33)58-46-19-9-5-16-42(46)52-48(58)26-24-41-39-15-6-10-20-51(39)60-54(41)52)59-47-25-22-35(29-43(47)40-23-21-32-11-1-2-12-36(32)53(40)59)57-44-17-7-3-13-37(44)38-14-4-8-18-45(38)57/h1-29H. The van der Waals surface area contributed by atoms with E-state index in [4.69, 9.17) is 4.42 Å². The third-order valence-corrected chi connectivity index (χ3v) is 12.5. The number of rotatable bonds is 3. The molecule has 0 aliphatic rings. The second kappa shape index (κ2) is 12.0. The highest BCUT2D eigenvalue weighted by Crippen LogP contribution is 2.44. The molecule has 0 atom stereocenters. The summed E-state index contributed by atoms with van der Waals surface area (Å²) in [6, 6.07) is 65.8. The van der Waals surface area contributed by atoms with Crippen molar-refractivity contribution in [3.63, 3.8) is 0 Å². The van der Waals surface area contributed by atoms with Gasteiger partial charge in [-0.2, -0.15) is 10.5 Å². The summed E-state index contributed by atoms with van der Waals surface area (Å²) in [4.78, 5) is 0. The first-order chi connectivity index (χ1) is 29.7. The minimum atomic E-state index is 0.452. The molecule has 0 N–H and O–H groups in total. The van der Waals surface area contributed by atoms with E-state index in [1.54, 1.807) is 0 Å². The van der Waals surface area contributed by atoms with Gasteiger partial charge in [0, 0.05) is 48.8 Å². The monoisotopic (exact) mass is 763 g/mol. The lowest BCUT2D eigenvalue weighted by Gasteiger charge is -2.16. The van der Waals surface area contributed by atoms with Crippen LogP contribution in [0.2, 0.25) is 0 Å². The Balaban J connectivity index is 1.10. The zero-order chi connectivity index (χ0) is 39.6. The van der Waals surface area contributed by atoms with Crippen molar-refractivity contribution in [2.24, 2.45) is 0 Å². The van der Waals surface area contributed by atoms with E-state index in [-0.39, 0.29) is 0 Å². The summed E-state index contributed by atoms with van der Waals surface area (Å²) >= 11 is 0. The number of furan rings is 1. The third kappa shape index (κ3) is 4.23. The lowest BCUT2D eigenvalue weighted by Crippen LogP contribution is -2.04. The van der Waals surface area contributed by atoms with Crippen LogP contribution < -0.4 is 0 Å². The van der Waals surface area contributed by atoms with Crippen molar-refractivity contribution in [1.82, 2.24) is 13.7 Å². The maximum atomic E-state index is 11.1. The molecule has 6 heteroatoms. The number of benzene rings is 9. The fourth-order valence-corrected chi connectivity index (χ4v) is 9.98. The van der Waals surface area contributed by atoms with Crippen LogP contribution in [-0.2, 0) is 0 Å². The quantitative estimate of drug-likeness (QED) is 0.180. The molecule has 6 nitrogen and oxygen atoms in total. The summed E-state index contributed by atoms with van der Waals surface area (Å²) in [5, 5.41) is 32.9. The SMILES string of the molecule is N#Cc1cc(-n2c3ccc(-n4c5ccccc5c5ccccc54)cc3c3ccc4ccccc4c32)c(C#N)cc1-n1c2ccccc2c2c3oc4ccccc4c3ccc21. The van der Waals surface area contributed by atoms with E-state index in [0.29, 0.717) is 22.5 Å². The Kier molecular flexibility index (Phi) is 6.48. The van der Waals surface area contributed by atoms with Gasteiger partial charge in [-0.25, -0.2) is 0 Å². The van der Waals surface area contributed by atoms with E-state index >= 15 is 0 Å². The summed E-state index contributed by atoms with van der Waals surface area (Å²) in [6.07, 6.45) is 0. The number of hydrogen-bond acceptors (Lipinski definition) is 3. The summed E-state index contributed by atoms with van der Waals surface area (Å²) in [6.45, 7) is 0. The maximum Gasteiger partial charge on any atom is 0.145 e. The first kappa shape index (κ1) is 32.5. The lowest BCUT2D eigenvalue weighted by atomic mass is 10.0. The smallest absolute Gasteiger partial charge is 0.145 e. The van der Waals surface area contributed by atoms with Gasteiger partial charge in [0.2, 0.25) is 0 Å². The molecule has 60 heavy (non-hydrogen) atoms. The van der Waals surface area contributed by atoms with Crippen LogP contribution in [0.1, 0.15) is 11.1 Å². The molecule has 0 radical (unpaired) electrons. The van der Waals surface area contributed by atoms with E-state index in [9.17, 15) is 10.5 Å². The largest absolute Gasteiger partial charge is 0.455 e. The molecule has 0 spiro atoms. The van der Waals surface area contributed by atoms with Gasteiger partial charge >= 0.3 is 0 Å². The maximum absolute atomic E-state index is 11.1. The number of hydrogen-bond donors (Lipinski definition) is 0. The molecule has 0 fully saturated rings. The summed E-state index contributed by atoms with van der Waals surface area (Å²) in [5.41, 5.74) is 10.9. The van der Waals surface area contributed by atoms with E-state index in [0.717, 1.165) is 93.0 Å². The zero-order valence-electron chi connectivity index (χ0n) is 31.9. The first-order valence-electron chi connectivity index (χ1n) is 20.0. The molecule has 0 unspecified atom stereocenters. The minimum Gasteiger partial charge on any atom is -0.455 e. The molecule has 0 aliphatic carbocycles. The summed E-state index contributed by atoms with van der Waals surface area (Å²) in [7, 11) is 0. The van der Waals surface area contributed by atoms with E-state index in [2.05, 4.69) is 159 Å². The average molecular weight is 764 g/mol. The Bertz CT molecular complexity index is 4050. The van der Waals surface area contributed by atoms with Gasteiger partial charge in [-0.05, 0) is 72.1 Å². The summed E-state index contributed by atoms with van der Waals surface area (Å²) < 4.78 is 13.2. The van der Waals surface area contributed by atoms with Gasteiger partial charge in [-0.1, -0.05) is 109 Å². The molecule has 0 aliphatic heterocycles. The van der Waals surface area contributed by atoms with E-state index in [1.807, 2.05) is 42.5 Å². The van der Waals surface area contributed by atoms with Crippen molar-refractivity contribution in [3.8, 4) is 29.2 Å². The van der Waals surface area contributed by atoms with Crippen LogP contribution in [0, 0.1) is 22.7 Å². The van der Waals surface area contributed by atoms with Crippen LogP contribution in [0.3, 0.4) is 0 Å². The number of nitriles is 2. The van der Waals surface area contributed by atoms with Gasteiger partial charge < -0.3 is 18.1 Å². The Morgan fingerprint density at radius 1 is 0.383 bits per heavy atom. The van der Waals surface area contributed by atoms with Crippen LogP contribution in [0.25, 0.3) is 115 Å². The van der Waals surface area contributed by atoms with Gasteiger partial charge in [-0.15, -0.1) is 0 Å². The number of fused-ring (bicyclic) bond motifs is 15. The first-order valence-corrected chi connectivity index (χ1v) is 20.0. The van der Waals surface area contributed by atoms with Crippen LogP contribution in [0.15, 0.2) is 180 Å². The highest BCUT2D eigenvalue weighted by atomic mass is 16.3. The minimum absolute atomic E-state index is 0.452. The predicted octanol–water partition coefficient (Wildman–Crippen LogP) is 13.8. The highest BCUT2D eigenvalue weighted by molar-refractivity contribution is 6.24. The Hall–Kier alpha value is -8.58. The third-order valence-electron chi connectivity index (χ3n) is 12.5. The molecule has 4 heterocycles. The summed E-state index contributed by atoms with van der Waals surface area (Å²) in [5.74, 6) is 0. The van der Waals surface area contributed by atoms with Crippen molar-refractivity contribution in [2.75, 3.05) is 0 Å². The van der Waals surface area contributed by atoms with Crippen LogP contribution >= 0.6 is 0 Å². The van der Waals surface area contributed by atoms with Gasteiger partial charge in [0.15, 0.2) is 0 Å². The Labute approximate surface area is 341 Å². The Morgan fingerprint density at radius 3 is 1.65 bits per heavy atom. The molecule has 0 saturated heterocycles. The van der Waals surface area contributed by atoms with Gasteiger partial charge in [0.05, 0.1) is 61.0 Å². The molecule has 0 amide bonds. The van der Waals surface area contributed by atoms with Crippen LogP contribution in [0.5, 0.6) is 0 Å². The van der Waals surface area contributed by atoms with Crippen LogP contribution in [-0.4, -0.2) is 13.7 Å². The van der Waals surface area contributed by atoms with E-state index < -0.39 is 0 Å². The molecule has 0 bridgehead atoms. The average Bonchev–Trinajstić information content (AvgIpc) is 4.05. The zero-order valence-corrected chi connectivity index (χ0v) is 31.9. The molecule has 13 aromatic rings. The molecular formula is C54H29N5O. The van der Waals surface area contributed by atoms with Crippen molar-refractivity contribution >= 4 is 98.1 Å². The van der Waals surface area contributed by atoms with Crippen molar-refractivity contribution in [1.29, 1.82) is 10.5 Å². The molecule has 0 saturated carbocycles. The lowest BCUT2D eigenvalue weighted by molar-refractivity contribution is 0.673.